The molecule has 1 heterocycles. The van der Waals surface area contributed by atoms with Crippen LogP contribution in [0.3, 0.4) is 0 Å². The Hall–Kier alpha value is -0.346. The van der Waals surface area contributed by atoms with Crippen molar-refractivity contribution in [1.29, 1.82) is 0 Å². The molecule has 0 N–H and O–H groups in total. The van der Waals surface area contributed by atoms with E-state index in [1.165, 1.54) is 0 Å². The fourth-order valence-corrected chi connectivity index (χ4v) is 6.29. The number of hydrogen-bond donors (Lipinski definition) is 0. The first-order chi connectivity index (χ1) is 3.97. The van der Waals surface area contributed by atoms with Gasteiger partial charge in [-0.15, -0.1) is 0 Å². The van der Waals surface area contributed by atoms with Crippen LogP contribution in [-0.2, 0) is 0 Å². The minimum absolute atomic E-state index is 0.392. The van der Waals surface area contributed by atoms with Crippen molar-refractivity contribution in [1.82, 2.24) is 0 Å². The average Bonchev–Trinajstić information content (AvgIpc) is 1.72. The molecule has 0 atom stereocenters. The van der Waals surface area contributed by atoms with Gasteiger partial charge in [0.2, 0.25) is 0 Å². The first kappa shape index (κ1) is 4.52. The molecule has 0 amide bonds. The van der Waals surface area contributed by atoms with Crippen LogP contribution in [0.5, 0.6) is 0 Å². The number of fused-ring (bicyclic) bond motifs is 1. The van der Waals surface area contributed by atoms with Crippen LogP contribution in [0.15, 0.2) is 24.3 Å². The normalized spacial score (nSPS) is 20.5. The van der Waals surface area contributed by atoms with E-state index in [4.69, 9.17) is 0 Å². The van der Waals surface area contributed by atoms with Gasteiger partial charge >= 0.3 is 0 Å². The zero-order valence-electron chi connectivity index (χ0n) is 4.72. The van der Waals surface area contributed by atoms with Gasteiger partial charge in [0, 0.05) is 18.1 Å². The molecule has 2 rings (SSSR count). The van der Waals surface area contributed by atoms with E-state index < -0.39 is 0 Å². The van der Waals surface area contributed by atoms with Gasteiger partial charge in [-0.1, -0.05) is 34.6 Å². The van der Waals surface area contributed by atoms with E-state index in [0.29, 0.717) is 18.1 Å². The third-order valence-electron chi connectivity index (χ3n) is 1.78. The van der Waals surface area contributed by atoms with Gasteiger partial charge in [0.05, 0.1) is 0 Å². The summed E-state index contributed by atoms with van der Waals surface area (Å²) in [5.41, 5.74) is 0. The van der Waals surface area contributed by atoms with Crippen LogP contribution in [0, 0.1) is 0 Å². The maximum atomic E-state index is 2.30. The second kappa shape index (κ2) is 1.57. The van der Waals surface area contributed by atoms with Crippen molar-refractivity contribution >= 4 is 28.4 Å². The Labute approximate surface area is 53.4 Å². The Bertz CT molecular complexity index is 184. The maximum Gasteiger partial charge on any atom is 0.0475 e. The van der Waals surface area contributed by atoms with Gasteiger partial charge < -0.3 is 0 Å². The third kappa shape index (κ3) is 0.500. The first-order valence-electron chi connectivity index (χ1n) is 3.03. The van der Waals surface area contributed by atoms with Gasteiger partial charge in [0.25, 0.3) is 0 Å². The first-order valence-corrected chi connectivity index (χ1v) is 8.45. The molecule has 1 aromatic carbocycles. The lowest BCUT2D eigenvalue weighted by molar-refractivity contribution is 1.81. The molecule has 0 spiro atoms. The molecule has 0 fully saturated rings. The van der Waals surface area contributed by atoms with Crippen molar-refractivity contribution in [2.24, 2.45) is 0 Å². The second-order valence-electron chi connectivity index (χ2n) is 2.27. The van der Waals surface area contributed by atoms with Crippen LogP contribution in [-0.4, -0.2) is 18.1 Å². The molecule has 0 saturated heterocycles. The van der Waals surface area contributed by atoms with Crippen molar-refractivity contribution in [3.8, 4) is 0 Å². The lowest BCUT2D eigenvalue weighted by Gasteiger charge is -2.15. The highest BCUT2D eigenvalue weighted by atomic mass is 29.1. The predicted molar refractivity (Wildman–Crippen MR) is 42.8 cm³/mol. The Balaban J connectivity index is 2.62. The number of benzene rings is 1. The molecule has 1 aliphatic rings. The van der Waals surface area contributed by atoms with E-state index in [2.05, 4.69) is 24.3 Å². The van der Waals surface area contributed by atoms with Crippen LogP contribution >= 0.6 is 0 Å². The molecule has 40 valence electrons. The quantitative estimate of drug-likeness (QED) is 0.369. The van der Waals surface area contributed by atoms with E-state index in [0.717, 1.165) is 0 Å². The summed E-state index contributed by atoms with van der Waals surface area (Å²) in [5, 5.41) is 3.50. The third-order valence-corrected chi connectivity index (χ3v) is 8.97. The highest BCUT2D eigenvalue weighted by molar-refractivity contribution is 7.22. The molecular weight excluding hydrogens is 128 g/mol. The summed E-state index contributed by atoms with van der Waals surface area (Å²) in [4.78, 5) is 0. The topological polar surface area (TPSA) is 0 Å². The van der Waals surface area contributed by atoms with Gasteiger partial charge in [0.1, 0.15) is 0 Å². The molecule has 2 heteroatoms. The zero-order chi connectivity index (χ0) is 5.40. The fourth-order valence-electron chi connectivity index (χ4n) is 1.14. The molecule has 8 heavy (non-hydrogen) atoms. The SMILES string of the molecule is c1ccc2c(c1)[SiH2][SiH2]2. The highest BCUT2D eigenvalue weighted by Gasteiger charge is 2.10. The summed E-state index contributed by atoms with van der Waals surface area (Å²) < 4.78 is 0. The van der Waals surface area contributed by atoms with Crippen LogP contribution in [0.1, 0.15) is 0 Å². The largest absolute Gasteiger partial charge is 0.0714 e. The summed E-state index contributed by atoms with van der Waals surface area (Å²) >= 11 is 0. The summed E-state index contributed by atoms with van der Waals surface area (Å²) in [5.74, 6) is 0. The average molecular weight is 136 g/mol. The van der Waals surface area contributed by atoms with E-state index in [9.17, 15) is 0 Å². The van der Waals surface area contributed by atoms with Crippen LogP contribution in [0.2, 0.25) is 0 Å². The molecule has 0 saturated carbocycles. The molecule has 0 radical (unpaired) electrons. The summed E-state index contributed by atoms with van der Waals surface area (Å²) in [6.45, 7) is 0. The molecule has 0 unspecified atom stereocenters. The van der Waals surface area contributed by atoms with Crippen LogP contribution in [0.4, 0.5) is 0 Å². The van der Waals surface area contributed by atoms with Crippen LogP contribution in [0.25, 0.3) is 0 Å². The van der Waals surface area contributed by atoms with Gasteiger partial charge in [-0.3, -0.25) is 0 Å². The van der Waals surface area contributed by atoms with E-state index in [-0.39, 0.29) is 0 Å². The monoisotopic (exact) mass is 136 g/mol. The van der Waals surface area contributed by atoms with Gasteiger partial charge in [-0.2, -0.15) is 0 Å². The smallest absolute Gasteiger partial charge is 0.0475 e. The molecule has 0 bridgehead atoms. The minimum Gasteiger partial charge on any atom is -0.0714 e. The number of rotatable bonds is 0. The molecule has 1 aromatic rings. The summed E-state index contributed by atoms with van der Waals surface area (Å²) in [6, 6.07) is 8.94. The van der Waals surface area contributed by atoms with E-state index in [1.54, 1.807) is 10.4 Å². The zero-order valence-corrected chi connectivity index (χ0v) is 7.55. The Morgan fingerprint density at radius 1 is 0.875 bits per heavy atom. The lowest BCUT2D eigenvalue weighted by Crippen LogP contribution is -2.52. The minimum atomic E-state index is 0.392. The lowest BCUT2D eigenvalue weighted by atomic mass is 10.4. The van der Waals surface area contributed by atoms with E-state index in [1.807, 2.05) is 0 Å². The van der Waals surface area contributed by atoms with Gasteiger partial charge in [0.15, 0.2) is 0 Å². The van der Waals surface area contributed by atoms with Crippen molar-refractivity contribution in [3.05, 3.63) is 24.3 Å². The Kier molecular flexibility index (Phi) is 0.886. The van der Waals surface area contributed by atoms with E-state index >= 15 is 0 Å². The van der Waals surface area contributed by atoms with Gasteiger partial charge in [-0.05, 0) is 0 Å². The van der Waals surface area contributed by atoms with Crippen molar-refractivity contribution in [2.75, 3.05) is 0 Å². The fraction of sp³-hybridized carbons (Fsp3) is 0. The second-order valence-corrected chi connectivity index (χ2v) is 7.79. The van der Waals surface area contributed by atoms with Crippen molar-refractivity contribution < 1.29 is 0 Å². The van der Waals surface area contributed by atoms with Crippen molar-refractivity contribution in [2.45, 2.75) is 0 Å². The molecular formula is C6H8Si2. The highest BCUT2D eigenvalue weighted by Crippen LogP contribution is 1.84. The summed E-state index contributed by atoms with van der Waals surface area (Å²) in [7, 11) is 0.784. The molecule has 0 aromatic heterocycles. The Morgan fingerprint density at radius 3 is 1.62 bits per heavy atom. The van der Waals surface area contributed by atoms with Gasteiger partial charge in [-0.25, -0.2) is 0 Å². The molecule has 1 aliphatic heterocycles. The molecule has 0 aliphatic carbocycles. The molecule has 0 nitrogen and oxygen atoms in total. The standard InChI is InChI=1S/C6H8Si2/c1-2-4-6-5(3-1)7-8-6/h1-4H,7-8H2. The van der Waals surface area contributed by atoms with Crippen molar-refractivity contribution in [3.63, 3.8) is 0 Å². The maximum absolute atomic E-state index is 2.30. The summed E-state index contributed by atoms with van der Waals surface area (Å²) in [6.07, 6.45) is 0. The van der Waals surface area contributed by atoms with Crippen LogP contribution < -0.4 is 10.4 Å². The Morgan fingerprint density at radius 2 is 1.38 bits per heavy atom. The number of hydrogen-bond acceptors (Lipinski definition) is 0. The predicted octanol–water partition coefficient (Wildman–Crippen LogP) is -1.80.